The molecule has 5 nitrogen and oxygen atoms in total. The van der Waals surface area contributed by atoms with Gasteiger partial charge in [-0.2, -0.15) is 0 Å². The Labute approximate surface area is 305 Å². The molecule has 1 fully saturated rings. The molecular weight excluding hydrogens is 633 g/mol. The van der Waals surface area contributed by atoms with E-state index in [9.17, 15) is 9.59 Å². The van der Waals surface area contributed by atoms with Crippen LogP contribution in [0.2, 0.25) is 0 Å². The van der Waals surface area contributed by atoms with Gasteiger partial charge in [-0.25, -0.2) is 4.79 Å². The van der Waals surface area contributed by atoms with Crippen molar-refractivity contribution in [3.05, 3.63) is 130 Å². The van der Waals surface area contributed by atoms with Crippen LogP contribution in [-0.2, 0) is 36.8 Å². The lowest BCUT2D eigenvalue weighted by atomic mass is 9.86. The molecule has 0 spiro atoms. The maximum atomic E-state index is 12.5. The van der Waals surface area contributed by atoms with Gasteiger partial charge in [0.1, 0.15) is 12.7 Å². The van der Waals surface area contributed by atoms with Crippen molar-refractivity contribution in [1.82, 2.24) is 0 Å². The third-order valence-electron chi connectivity index (χ3n) is 8.80. The third kappa shape index (κ3) is 13.9. The number of carbonyl (C=O) groups is 2. The van der Waals surface area contributed by atoms with Crippen molar-refractivity contribution < 1.29 is 23.8 Å². The standard InChI is InChI=1S/C38H44O4.C8H10O/c1-26(2)20-32(21-27(3)4)14-18-35-24-36(42-38(35)40)25-41-37(39)19-15-31-13-17-33-22-30(12-16-34(33)23-31)11-10-29-8-6-28(5)7-9-29;1-9-7-8-5-3-2-4-6-8/h6-9,12-13,16-18,22-23,26-27,32,36H,14-15,19-21,24-25H2,1-5H3;2-6H,7H2,1H3/b35-18+;. The Morgan fingerprint density at radius 3 is 2.18 bits per heavy atom. The number of benzene rings is 4. The molecule has 4 aromatic rings. The molecule has 5 rings (SSSR count). The lowest BCUT2D eigenvalue weighted by Gasteiger charge is -2.19. The van der Waals surface area contributed by atoms with Crippen LogP contribution >= 0.6 is 0 Å². The minimum atomic E-state index is -0.398. The van der Waals surface area contributed by atoms with Gasteiger partial charge in [0.2, 0.25) is 0 Å². The molecule has 0 saturated carbocycles. The van der Waals surface area contributed by atoms with Crippen LogP contribution in [0.5, 0.6) is 0 Å². The van der Waals surface area contributed by atoms with Gasteiger partial charge in [0.25, 0.3) is 0 Å². The molecule has 1 atom stereocenters. The Kier molecular flexibility index (Phi) is 15.5. The second kappa shape index (κ2) is 20.3. The largest absolute Gasteiger partial charge is 0.462 e. The van der Waals surface area contributed by atoms with Crippen LogP contribution in [0.4, 0.5) is 0 Å². The predicted molar refractivity (Wildman–Crippen MR) is 207 cm³/mol. The predicted octanol–water partition coefficient (Wildman–Crippen LogP) is 10.2. The Morgan fingerprint density at radius 1 is 0.843 bits per heavy atom. The van der Waals surface area contributed by atoms with Crippen LogP contribution in [0.15, 0.2) is 103 Å². The highest BCUT2D eigenvalue weighted by atomic mass is 16.6. The minimum Gasteiger partial charge on any atom is -0.462 e. The van der Waals surface area contributed by atoms with E-state index < -0.39 is 6.10 Å². The molecule has 51 heavy (non-hydrogen) atoms. The molecule has 1 unspecified atom stereocenters. The van der Waals surface area contributed by atoms with Crippen LogP contribution in [0.1, 0.15) is 87.6 Å². The second-order valence-electron chi connectivity index (χ2n) is 14.4. The molecule has 268 valence electrons. The summed E-state index contributed by atoms with van der Waals surface area (Å²) in [4.78, 5) is 24.9. The van der Waals surface area contributed by atoms with E-state index in [0.717, 1.165) is 46.7 Å². The number of cyclic esters (lactones) is 1. The van der Waals surface area contributed by atoms with E-state index in [1.165, 1.54) is 11.1 Å². The summed E-state index contributed by atoms with van der Waals surface area (Å²) in [5, 5.41) is 2.23. The third-order valence-corrected chi connectivity index (χ3v) is 8.80. The molecule has 5 heteroatoms. The van der Waals surface area contributed by atoms with Crippen LogP contribution in [-0.4, -0.2) is 31.8 Å². The topological polar surface area (TPSA) is 61.8 Å². The SMILES string of the molecule is COCc1ccccc1.Cc1ccc(C#Cc2ccc3cc(CCC(=O)OCC4C/C(=C\CC(CC(C)C)CC(C)C)C(=O)O4)ccc3c2)cc1. The van der Waals surface area contributed by atoms with Crippen molar-refractivity contribution in [2.75, 3.05) is 13.7 Å². The van der Waals surface area contributed by atoms with Crippen molar-refractivity contribution in [2.45, 2.75) is 85.9 Å². The molecular formula is C46H54O5. The molecule has 0 N–H and O–H groups in total. The lowest BCUT2D eigenvalue weighted by molar-refractivity contribution is -0.152. The summed E-state index contributed by atoms with van der Waals surface area (Å²) in [6.45, 7) is 11.9. The van der Waals surface area contributed by atoms with Crippen LogP contribution < -0.4 is 0 Å². The number of hydrogen-bond acceptors (Lipinski definition) is 5. The number of fused-ring (bicyclic) bond motifs is 1. The van der Waals surface area contributed by atoms with Crippen LogP contribution in [0.25, 0.3) is 10.8 Å². The zero-order valence-corrected chi connectivity index (χ0v) is 31.2. The summed E-state index contributed by atoms with van der Waals surface area (Å²) in [6.07, 6.45) is 6.22. The first kappa shape index (κ1) is 39.1. The van der Waals surface area contributed by atoms with E-state index in [-0.39, 0.29) is 25.0 Å². The molecule has 0 amide bonds. The van der Waals surface area contributed by atoms with E-state index in [1.807, 2.05) is 48.5 Å². The summed E-state index contributed by atoms with van der Waals surface area (Å²) in [5.41, 5.74) is 6.20. The van der Waals surface area contributed by atoms with Gasteiger partial charge in [0.05, 0.1) is 6.61 Å². The highest BCUT2D eigenvalue weighted by Crippen LogP contribution is 2.27. The number of esters is 2. The molecule has 1 aliphatic heterocycles. The first-order valence-electron chi connectivity index (χ1n) is 18.3. The van der Waals surface area contributed by atoms with Crippen LogP contribution in [0.3, 0.4) is 0 Å². The zero-order chi connectivity index (χ0) is 36.6. The summed E-state index contributed by atoms with van der Waals surface area (Å²) >= 11 is 0. The van der Waals surface area contributed by atoms with Crippen LogP contribution in [0, 0.1) is 36.5 Å². The van der Waals surface area contributed by atoms with Crippen molar-refractivity contribution in [2.24, 2.45) is 17.8 Å². The Morgan fingerprint density at radius 2 is 1.49 bits per heavy atom. The summed E-state index contributed by atoms with van der Waals surface area (Å²) in [6, 6.07) is 30.7. The summed E-state index contributed by atoms with van der Waals surface area (Å²) in [5.74, 6) is 7.75. The smallest absolute Gasteiger partial charge is 0.334 e. The summed E-state index contributed by atoms with van der Waals surface area (Å²) < 4.78 is 15.9. The molecule has 1 aliphatic rings. The van der Waals surface area contributed by atoms with E-state index >= 15 is 0 Å². The lowest BCUT2D eigenvalue weighted by Crippen LogP contribution is -2.18. The Bertz CT molecular complexity index is 1780. The van der Waals surface area contributed by atoms with Gasteiger partial charge >= 0.3 is 11.9 Å². The molecule has 0 bridgehead atoms. The molecule has 0 radical (unpaired) electrons. The van der Waals surface area contributed by atoms with Gasteiger partial charge < -0.3 is 14.2 Å². The maximum Gasteiger partial charge on any atom is 0.334 e. The number of methoxy groups -OCH3 is 1. The number of ether oxygens (including phenoxy) is 3. The van der Waals surface area contributed by atoms with Crippen molar-refractivity contribution in [3.63, 3.8) is 0 Å². The van der Waals surface area contributed by atoms with E-state index in [1.54, 1.807) is 7.11 Å². The minimum absolute atomic E-state index is 0.105. The van der Waals surface area contributed by atoms with Gasteiger partial charge in [0, 0.05) is 36.7 Å². The van der Waals surface area contributed by atoms with Crippen molar-refractivity contribution in [3.8, 4) is 11.8 Å². The van der Waals surface area contributed by atoms with Gasteiger partial charge in [-0.1, -0.05) is 118 Å². The fourth-order valence-electron chi connectivity index (χ4n) is 6.34. The first-order valence-corrected chi connectivity index (χ1v) is 18.3. The molecule has 1 heterocycles. The van der Waals surface area contributed by atoms with Gasteiger partial charge in [-0.15, -0.1) is 0 Å². The number of hydrogen-bond donors (Lipinski definition) is 0. The monoisotopic (exact) mass is 686 g/mol. The van der Waals surface area contributed by atoms with Crippen molar-refractivity contribution in [1.29, 1.82) is 0 Å². The molecule has 1 saturated heterocycles. The normalized spacial score (nSPS) is 14.7. The number of carbonyl (C=O) groups excluding carboxylic acids is 2. The Balaban J connectivity index is 0.000000563. The Hall–Kier alpha value is -4.66. The van der Waals surface area contributed by atoms with Crippen molar-refractivity contribution >= 4 is 22.7 Å². The van der Waals surface area contributed by atoms with E-state index in [0.29, 0.717) is 42.8 Å². The zero-order valence-electron chi connectivity index (χ0n) is 31.2. The average Bonchev–Trinajstić information content (AvgIpc) is 3.47. The van der Waals surface area contributed by atoms with Gasteiger partial charge in [-0.3, -0.25) is 4.79 Å². The number of aryl methyl sites for hydroxylation is 2. The fraction of sp³-hybridized carbons (Fsp3) is 0.391. The second-order valence-corrected chi connectivity index (χ2v) is 14.4. The first-order chi connectivity index (χ1) is 24.6. The number of allylic oxidation sites excluding steroid dienone is 1. The van der Waals surface area contributed by atoms with E-state index in [4.69, 9.17) is 14.2 Å². The molecule has 0 aromatic heterocycles. The maximum absolute atomic E-state index is 12.5. The quantitative estimate of drug-likeness (QED) is 0.0796. The highest BCUT2D eigenvalue weighted by molar-refractivity contribution is 5.90. The van der Waals surface area contributed by atoms with Gasteiger partial charge in [0.15, 0.2) is 0 Å². The highest BCUT2D eigenvalue weighted by Gasteiger charge is 2.30. The van der Waals surface area contributed by atoms with E-state index in [2.05, 4.69) is 95.0 Å². The molecule has 4 aromatic carbocycles. The number of rotatable bonds is 13. The van der Waals surface area contributed by atoms with Gasteiger partial charge in [-0.05, 0) is 96.5 Å². The molecule has 0 aliphatic carbocycles. The fourth-order valence-corrected chi connectivity index (χ4v) is 6.34. The average molecular weight is 687 g/mol. The summed E-state index contributed by atoms with van der Waals surface area (Å²) in [7, 11) is 1.70.